The second-order valence-electron chi connectivity index (χ2n) is 7.19. The van der Waals surface area contributed by atoms with Crippen LogP contribution in [0.3, 0.4) is 0 Å². The van der Waals surface area contributed by atoms with Gasteiger partial charge in [-0.05, 0) is 49.2 Å². The molecule has 0 aliphatic rings. The number of imidazole rings is 1. The molecular weight excluding hydrogens is 386 g/mol. The van der Waals surface area contributed by atoms with Crippen LogP contribution in [0, 0.1) is 13.8 Å². The second kappa shape index (κ2) is 6.28. The lowest BCUT2D eigenvalue weighted by Crippen LogP contribution is -2.22. The Balaban J connectivity index is 1.76. The fourth-order valence-electron chi connectivity index (χ4n) is 3.73. The Morgan fingerprint density at radius 1 is 1.17 bits per heavy atom. The number of para-hydroxylation sites is 1. The minimum Gasteiger partial charge on any atom is -0.480 e. The molecular formula is C22H17N3O3S. The van der Waals surface area contributed by atoms with Gasteiger partial charge in [-0.1, -0.05) is 29.5 Å². The number of hydrogen-bond donors (Lipinski definition) is 1. The number of carboxylic acids is 1. The molecule has 3 heterocycles. The lowest BCUT2D eigenvalue weighted by Gasteiger charge is -1.99. The van der Waals surface area contributed by atoms with Crippen LogP contribution in [0.2, 0.25) is 0 Å². The van der Waals surface area contributed by atoms with Gasteiger partial charge in [0.05, 0.1) is 15.6 Å². The number of hydrogen-bond acceptors (Lipinski definition) is 4. The van der Waals surface area contributed by atoms with E-state index < -0.39 is 5.97 Å². The lowest BCUT2D eigenvalue weighted by molar-refractivity contribution is -0.137. The normalized spacial score (nSPS) is 12.6. The standard InChI is InChI=1S/C22H17N3O3S/c1-12-7-16-18(8-13(12)2)25-21(28)19(29-22(25)23-16)9-14-10-24(11-20(26)27)17-6-4-3-5-15(14)17/h3-10H,11H2,1-2H3,(H,26,27). The molecule has 3 aromatic heterocycles. The van der Waals surface area contributed by atoms with Gasteiger partial charge in [-0.2, -0.15) is 0 Å². The van der Waals surface area contributed by atoms with Crippen molar-refractivity contribution < 1.29 is 9.90 Å². The first-order chi connectivity index (χ1) is 13.9. The summed E-state index contributed by atoms with van der Waals surface area (Å²) in [6.45, 7) is 3.93. The number of aliphatic carboxylic acids is 1. The lowest BCUT2D eigenvalue weighted by atomic mass is 10.1. The maximum Gasteiger partial charge on any atom is 0.323 e. The highest BCUT2D eigenvalue weighted by molar-refractivity contribution is 7.15. The molecule has 0 saturated carbocycles. The van der Waals surface area contributed by atoms with E-state index in [1.165, 1.54) is 11.3 Å². The molecule has 0 bridgehead atoms. The summed E-state index contributed by atoms with van der Waals surface area (Å²) in [7, 11) is 0. The zero-order valence-corrected chi connectivity index (χ0v) is 16.7. The van der Waals surface area contributed by atoms with Crippen molar-refractivity contribution >= 4 is 50.3 Å². The number of carboxylic acid groups (broad SMARTS) is 1. The predicted octanol–water partition coefficient (Wildman–Crippen LogP) is 3.11. The highest BCUT2D eigenvalue weighted by Crippen LogP contribution is 2.23. The van der Waals surface area contributed by atoms with Gasteiger partial charge in [0.1, 0.15) is 6.54 Å². The summed E-state index contributed by atoms with van der Waals surface area (Å²) in [4.78, 5) is 29.6. The number of aromatic nitrogens is 3. The van der Waals surface area contributed by atoms with Crippen molar-refractivity contribution in [3.05, 3.63) is 74.2 Å². The summed E-state index contributed by atoms with van der Waals surface area (Å²) < 4.78 is 3.92. The van der Waals surface area contributed by atoms with Crippen molar-refractivity contribution in [2.45, 2.75) is 20.4 Å². The Morgan fingerprint density at radius 2 is 1.93 bits per heavy atom. The first-order valence-electron chi connectivity index (χ1n) is 9.16. The van der Waals surface area contributed by atoms with E-state index in [0.717, 1.165) is 38.6 Å². The minimum atomic E-state index is -0.909. The maximum atomic E-state index is 13.1. The Labute approximate surface area is 169 Å². The number of aryl methyl sites for hydroxylation is 2. The van der Waals surface area contributed by atoms with Crippen molar-refractivity contribution in [2.75, 3.05) is 0 Å². The van der Waals surface area contributed by atoms with E-state index in [1.807, 2.05) is 56.3 Å². The zero-order valence-electron chi connectivity index (χ0n) is 15.8. The summed E-state index contributed by atoms with van der Waals surface area (Å²) >= 11 is 1.35. The molecule has 2 aromatic carbocycles. The summed E-state index contributed by atoms with van der Waals surface area (Å²) in [6.07, 6.45) is 3.61. The molecule has 0 aliphatic carbocycles. The smallest absolute Gasteiger partial charge is 0.323 e. The molecule has 0 spiro atoms. The quantitative estimate of drug-likeness (QED) is 0.502. The summed E-state index contributed by atoms with van der Waals surface area (Å²) in [5.41, 5.74) is 5.44. The molecule has 0 unspecified atom stereocenters. The van der Waals surface area contributed by atoms with E-state index in [0.29, 0.717) is 9.49 Å². The van der Waals surface area contributed by atoms with Crippen LogP contribution >= 0.6 is 11.3 Å². The molecule has 5 rings (SSSR count). The molecule has 0 aliphatic heterocycles. The van der Waals surface area contributed by atoms with Crippen molar-refractivity contribution in [1.82, 2.24) is 14.0 Å². The summed E-state index contributed by atoms with van der Waals surface area (Å²) in [5.74, 6) is -0.909. The van der Waals surface area contributed by atoms with Gasteiger partial charge in [0, 0.05) is 22.7 Å². The molecule has 0 fully saturated rings. The van der Waals surface area contributed by atoms with Crippen LogP contribution in [0.1, 0.15) is 16.7 Å². The molecule has 5 aromatic rings. The van der Waals surface area contributed by atoms with Crippen LogP contribution in [-0.4, -0.2) is 25.0 Å². The Kier molecular flexibility index (Phi) is 3.82. The number of nitrogens with zero attached hydrogens (tertiary/aromatic N) is 3. The maximum absolute atomic E-state index is 13.1. The first kappa shape index (κ1) is 17.6. The van der Waals surface area contributed by atoms with Gasteiger partial charge in [-0.3, -0.25) is 9.59 Å². The SMILES string of the molecule is Cc1cc2nc3sc(=Cc4cn(CC(=O)O)c5ccccc45)c(=O)n3c2cc1C. The molecule has 29 heavy (non-hydrogen) atoms. The van der Waals surface area contributed by atoms with Crippen LogP contribution in [0.25, 0.3) is 33.0 Å². The third-order valence-electron chi connectivity index (χ3n) is 5.27. The summed E-state index contributed by atoms with van der Waals surface area (Å²) in [6, 6.07) is 11.6. The fraction of sp³-hybridized carbons (Fsp3) is 0.136. The van der Waals surface area contributed by atoms with Gasteiger partial charge in [0.25, 0.3) is 5.56 Å². The number of rotatable bonds is 3. The van der Waals surface area contributed by atoms with Gasteiger partial charge in [-0.25, -0.2) is 9.38 Å². The average molecular weight is 403 g/mol. The molecule has 0 amide bonds. The number of carbonyl (C=O) groups is 1. The van der Waals surface area contributed by atoms with Crippen molar-refractivity contribution in [2.24, 2.45) is 0 Å². The van der Waals surface area contributed by atoms with Crippen LogP contribution in [0.4, 0.5) is 0 Å². The Bertz CT molecular complexity index is 1560. The molecule has 0 radical (unpaired) electrons. The van der Waals surface area contributed by atoms with Crippen molar-refractivity contribution in [3.63, 3.8) is 0 Å². The zero-order chi connectivity index (χ0) is 20.3. The second-order valence-corrected chi connectivity index (χ2v) is 8.20. The number of benzene rings is 2. The van der Waals surface area contributed by atoms with E-state index in [2.05, 4.69) is 4.98 Å². The van der Waals surface area contributed by atoms with Crippen LogP contribution in [0.15, 0.2) is 47.4 Å². The highest BCUT2D eigenvalue weighted by atomic mass is 32.1. The van der Waals surface area contributed by atoms with Gasteiger partial charge in [0.15, 0.2) is 4.96 Å². The summed E-state index contributed by atoms with van der Waals surface area (Å²) in [5, 5.41) is 10.1. The predicted molar refractivity (Wildman–Crippen MR) is 115 cm³/mol. The van der Waals surface area contributed by atoms with Gasteiger partial charge in [-0.15, -0.1) is 0 Å². The van der Waals surface area contributed by atoms with E-state index in [9.17, 15) is 14.7 Å². The Hall–Kier alpha value is -3.45. The molecule has 1 N–H and O–H groups in total. The molecule has 0 atom stereocenters. The van der Waals surface area contributed by atoms with Gasteiger partial charge < -0.3 is 9.67 Å². The van der Waals surface area contributed by atoms with E-state index >= 15 is 0 Å². The fourth-order valence-corrected chi connectivity index (χ4v) is 4.70. The topological polar surface area (TPSA) is 76.6 Å². The average Bonchev–Trinajstić information content (AvgIpc) is 3.28. The van der Waals surface area contributed by atoms with Gasteiger partial charge in [0.2, 0.25) is 0 Å². The first-order valence-corrected chi connectivity index (χ1v) is 9.97. The molecule has 0 saturated heterocycles. The van der Waals surface area contributed by atoms with Crippen LogP contribution < -0.4 is 10.1 Å². The Morgan fingerprint density at radius 3 is 2.72 bits per heavy atom. The van der Waals surface area contributed by atoms with Crippen molar-refractivity contribution in [3.8, 4) is 0 Å². The highest BCUT2D eigenvalue weighted by Gasteiger charge is 2.14. The molecule has 6 nitrogen and oxygen atoms in total. The van der Waals surface area contributed by atoms with Gasteiger partial charge >= 0.3 is 5.97 Å². The van der Waals surface area contributed by atoms with E-state index in [-0.39, 0.29) is 12.1 Å². The van der Waals surface area contributed by atoms with E-state index in [1.54, 1.807) is 15.2 Å². The number of thiazole rings is 1. The largest absolute Gasteiger partial charge is 0.480 e. The monoisotopic (exact) mass is 403 g/mol. The number of fused-ring (bicyclic) bond motifs is 4. The van der Waals surface area contributed by atoms with Crippen LogP contribution in [-0.2, 0) is 11.3 Å². The third-order valence-corrected chi connectivity index (χ3v) is 6.23. The molecule has 144 valence electrons. The van der Waals surface area contributed by atoms with Crippen molar-refractivity contribution in [1.29, 1.82) is 0 Å². The third kappa shape index (κ3) is 2.74. The minimum absolute atomic E-state index is 0.106. The van der Waals surface area contributed by atoms with Crippen LogP contribution in [0.5, 0.6) is 0 Å². The molecule has 7 heteroatoms. The van der Waals surface area contributed by atoms with E-state index in [4.69, 9.17) is 0 Å².